The van der Waals surface area contributed by atoms with Crippen molar-refractivity contribution in [2.75, 3.05) is 5.32 Å². The largest absolute Gasteiger partial charge is 0.481 e. The van der Waals surface area contributed by atoms with Crippen LogP contribution in [0.1, 0.15) is 140 Å². The smallest absolute Gasteiger partial charge is 0.309 e. The Kier molecular flexibility index (Phi) is 10.1. The van der Waals surface area contributed by atoms with Crippen LogP contribution in [0.25, 0.3) is 0 Å². The molecule has 6 aliphatic rings. The van der Waals surface area contributed by atoms with Gasteiger partial charge in [-0.25, -0.2) is 4.39 Å². The van der Waals surface area contributed by atoms with Gasteiger partial charge in [-0.3, -0.25) is 24.0 Å². The lowest BCUT2D eigenvalue weighted by molar-refractivity contribution is -0.236. The zero-order valence-electron chi connectivity index (χ0n) is 36.7. The summed E-state index contributed by atoms with van der Waals surface area (Å²) in [5.41, 5.74) is -1.25. The number of fused-ring (bicyclic) bond motifs is 7. The molecule has 1 aromatic carbocycles. The predicted molar refractivity (Wildman–Crippen MR) is 220 cm³/mol. The molecule has 3 N–H and O–H groups in total. The molecule has 10 heteroatoms. The maximum atomic E-state index is 14.8. The number of rotatable bonds is 8. The first-order chi connectivity index (χ1) is 26.8. The molecule has 6 aliphatic carbocycles. The molecule has 0 heterocycles. The van der Waals surface area contributed by atoms with E-state index in [1.54, 1.807) is 13.8 Å². The number of ether oxygens (including phenoxy) is 1. The van der Waals surface area contributed by atoms with Crippen LogP contribution in [0.5, 0.6) is 0 Å². The second kappa shape index (κ2) is 13.7. The number of amides is 2. The summed E-state index contributed by atoms with van der Waals surface area (Å²) < 4.78 is 20.0. The summed E-state index contributed by atoms with van der Waals surface area (Å²) in [6.07, 6.45) is 7.06. The molecule has 0 saturated heterocycles. The van der Waals surface area contributed by atoms with Gasteiger partial charge in [-0.15, -0.1) is 0 Å². The van der Waals surface area contributed by atoms with Crippen molar-refractivity contribution < 1.29 is 38.2 Å². The molecule has 9 nitrogen and oxygen atoms in total. The van der Waals surface area contributed by atoms with Crippen LogP contribution in [0, 0.1) is 73.8 Å². The average Bonchev–Trinajstić information content (AvgIpc) is 3.43. The van der Waals surface area contributed by atoms with Gasteiger partial charge in [0.2, 0.25) is 11.8 Å². The number of aliphatic carboxylic acids is 1. The highest BCUT2D eigenvalue weighted by Gasteiger charge is 2.71. The quantitative estimate of drug-likeness (QED) is 0.223. The Morgan fingerprint density at radius 1 is 0.828 bits per heavy atom. The summed E-state index contributed by atoms with van der Waals surface area (Å²) in [6.45, 7) is 23.1. The minimum absolute atomic E-state index is 0.00783. The molecule has 58 heavy (non-hydrogen) atoms. The minimum atomic E-state index is -1.30. The van der Waals surface area contributed by atoms with Crippen molar-refractivity contribution >= 4 is 35.2 Å². The van der Waals surface area contributed by atoms with Crippen molar-refractivity contribution in [3.8, 4) is 0 Å². The van der Waals surface area contributed by atoms with Crippen molar-refractivity contribution in [3.63, 3.8) is 0 Å². The highest BCUT2D eigenvalue weighted by Crippen LogP contribution is 2.77. The monoisotopic (exact) mass is 802 g/mol. The summed E-state index contributed by atoms with van der Waals surface area (Å²) in [4.78, 5) is 68.0. The molecule has 318 valence electrons. The number of benzene rings is 1. The van der Waals surface area contributed by atoms with E-state index < -0.39 is 45.9 Å². The highest BCUT2D eigenvalue weighted by atomic mass is 19.1. The van der Waals surface area contributed by atoms with Crippen LogP contribution in [0.15, 0.2) is 35.4 Å². The number of nitrogens with one attached hydrogen (secondary N) is 2. The first-order valence-corrected chi connectivity index (χ1v) is 21.9. The summed E-state index contributed by atoms with van der Waals surface area (Å²) in [6, 6.07) is 5.52. The zero-order chi connectivity index (χ0) is 42.8. The lowest BCUT2D eigenvalue weighted by Crippen LogP contribution is -2.66. The lowest BCUT2D eigenvalue weighted by Gasteiger charge is -2.72. The van der Waals surface area contributed by atoms with Gasteiger partial charge in [-0.2, -0.15) is 0 Å². The predicted octanol–water partition coefficient (Wildman–Crippen LogP) is 9.30. The molecule has 5 fully saturated rings. The maximum absolute atomic E-state index is 14.8. The number of carbonyl (C=O) groups is 5. The summed E-state index contributed by atoms with van der Waals surface area (Å²) in [5.74, 6) is -2.42. The van der Waals surface area contributed by atoms with E-state index in [2.05, 4.69) is 59.1 Å². The first-order valence-electron chi connectivity index (χ1n) is 21.9. The number of carboxylic acids is 1. The van der Waals surface area contributed by atoms with E-state index >= 15 is 0 Å². The van der Waals surface area contributed by atoms with Gasteiger partial charge in [-0.05, 0) is 152 Å². The number of hydrogen-bond donors (Lipinski definition) is 3. The number of ketones is 1. The van der Waals surface area contributed by atoms with Crippen molar-refractivity contribution in [3.05, 3.63) is 41.2 Å². The van der Waals surface area contributed by atoms with Crippen LogP contribution >= 0.6 is 0 Å². The number of Topliss-reactive ketones (excluding diaryl/α,β-unsaturated/α-hetero) is 1. The first kappa shape index (κ1) is 42.6. The Balaban J connectivity index is 1.14. The molecule has 7 rings (SSSR count). The average molecular weight is 803 g/mol. The Labute approximate surface area is 344 Å². The van der Waals surface area contributed by atoms with E-state index in [4.69, 9.17) is 4.74 Å². The molecule has 0 aliphatic heterocycles. The van der Waals surface area contributed by atoms with Gasteiger partial charge < -0.3 is 20.5 Å². The van der Waals surface area contributed by atoms with Crippen molar-refractivity contribution in [1.29, 1.82) is 0 Å². The highest BCUT2D eigenvalue weighted by molar-refractivity contribution is 6.08. The maximum Gasteiger partial charge on any atom is 0.309 e. The van der Waals surface area contributed by atoms with Gasteiger partial charge in [0.15, 0.2) is 5.78 Å². The standard InChI is InChI=1S/C48H67FN2O7/c1-26(2)36-32(52)25-48(41(57)51-44(7,8)40(56)50-28-14-12-27(49)13-15-28)23-22-46(10)29(37(36)48)16-17-34-45(9)20-19-35(43(5,6)33(45)18-21-47(34,46)11)58-39(55)31-24-30(38(53)54)42(31,3)4/h12-15,26,29-31,33-35H,16-25H2,1-11H3,(H,50,56)(H,51,57)(H,53,54)/t29-,30+,31-,33+,34-,35+,45+,46-,47-,48-/m1/s1. The van der Waals surface area contributed by atoms with E-state index in [-0.39, 0.29) is 63.7 Å². The number of carboxylic acid groups (broad SMARTS) is 1. The summed E-state index contributed by atoms with van der Waals surface area (Å²) in [7, 11) is 0. The van der Waals surface area contributed by atoms with Gasteiger partial charge in [0.1, 0.15) is 17.5 Å². The van der Waals surface area contributed by atoms with E-state index in [9.17, 15) is 33.5 Å². The lowest BCUT2D eigenvalue weighted by atomic mass is 9.33. The number of hydrogen-bond acceptors (Lipinski definition) is 6. The number of esters is 1. The SMILES string of the molecule is CC(C)C1=C2[C@H]3CC[C@@H]4[C@@]5(C)CC[C@H](OC(=O)[C@H]6C[C@@H](C(=O)O)C6(C)C)C(C)(C)[C@@H]5CC[C@@]4(C)[C@]3(C)CC[C@@]2(C(=O)NC(C)(C)C(=O)Nc2ccc(F)cc2)CC1=O. The van der Waals surface area contributed by atoms with E-state index in [1.807, 2.05) is 13.8 Å². The molecule has 0 aromatic heterocycles. The number of anilines is 1. The molecular weight excluding hydrogens is 736 g/mol. The van der Waals surface area contributed by atoms with Crippen molar-refractivity contribution in [1.82, 2.24) is 5.32 Å². The van der Waals surface area contributed by atoms with Crippen LogP contribution in [0.3, 0.4) is 0 Å². The topological polar surface area (TPSA) is 139 Å². The third-order valence-corrected chi connectivity index (χ3v) is 18.0. The van der Waals surface area contributed by atoms with Gasteiger partial charge in [0.05, 0.1) is 17.3 Å². The van der Waals surface area contributed by atoms with Crippen molar-refractivity contribution in [2.45, 2.75) is 152 Å². The summed E-state index contributed by atoms with van der Waals surface area (Å²) >= 11 is 0. The third kappa shape index (κ3) is 6.05. The number of carbonyl (C=O) groups excluding carboxylic acids is 4. The second-order valence-electron chi connectivity index (χ2n) is 22.1. The van der Waals surface area contributed by atoms with Crippen LogP contribution in [0.4, 0.5) is 10.1 Å². The molecule has 2 amide bonds. The number of halogens is 1. The third-order valence-electron chi connectivity index (χ3n) is 18.0. The Bertz CT molecular complexity index is 1950. The molecule has 10 atom stereocenters. The van der Waals surface area contributed by atoms with E-state index in [1.165, 1.54) is 24.3 Å². The van der Waals surface area contributed by atoms with Crippen LogP contribution in [-0.4, -0.2) is 46.3 Å². The zero-order valence-corrected chi connectivity index (χ0v) is 36.7. The van der Waals surface area contributed by atoms with E-state index in [0.29, 0.717) is 30.4 Å². The Morgan fingerprint density at radius 3 is 2.09 bits per heavy atom. The van der Waals surface area contributed by atoms with Crippen LogP contribution in [-0.2, 0) is 28.7 Å². The van der Waals surface area contributed by atoms with Crippen LogP contribution in [0.2, 0.25) is 0 Å². The summed E-state index contributed by atoms with van der Waals surface area (Å²) in [5, 5.41) is 15.6. The fourth-order valence-corrected chi connectivity index (χ4v) is 14.3. The molecule has 5 saturated carbocycles. The van der Waals surface area contributed by atoms with Gasteiger partial charge in [-0.1, -0.05) is 62.3 Å². The fourth-order valence-electron chi connectivity index (χ4n) is 14.3. The molecule has 0 radical (unpaired) electrons. The fraction of sp³-hybridized carbons (Fsp3) is 0.729. The molecule has 0 spiro atoms. The molecule has 0 unspecified atom stereocenters. The van der Waals surface area contributed by atoms with E-state index in [0.717, 1.165) is 56.1 Å². The number of allylic oxidation sites excluding steroid dienone is 1. The van der Waals surface area contributed by atoms with Crippen molar-refractivity contribution in [2.24, 2.45) is 68.0 Å². The molecule has 1 aromatic rings. The second-order valence-corrected chi connectivity index (χ2v) is 22.1. The van der Waals surface area contributed by atoms with Gasteiger partial charge in [0, 0.05) is 17.5 Å². The normalized spacial score (nSPS) is 38.7. The Hall–Kier alpha value is -3.56. The molecular formula is C48H67FN2O7. The Morgan fingerprint density at radius 2 is 1.48 bits per heavy atom. The minimum Gasteiger partial charge on any atom is -0.481 e. The van der Waals surface area contributed by atoms with Gasteiger partial charge in [0.25, 0.3) is 0 Å². The molecule has 0 bridgehead atoms. The van der Waals surface area contributed by atoms with Crippen LogP contribution < -0.4 is 10.6 Å². The van der Waals surface area contributed by atoms with Gasteiger partial charge >= 0.3 is 11.9 Å².